The van der Waals surface area contributed by atoms with E-state index in [1.807, 2.05) is 12.1 Å². The number of nitrogens with two attached hydrogens (primary N) is 1. The summed E-state index contributed by atoms with van der Waals surface area (Å²) in [5.41, 5.74) is 7.45. The zero-order chi connectivity index (χ0) is 15.7. The molecule has 6 nitrogen and oxygen atoms in total. The van der Waals surface area contributed by atoms with Crippen LogP contribution < -0.4 is 5.73 Å². The van der Waals surface area contributed by atoms with Crippen LogP contribution in [0.4, 0.5) is 0 Å². The monoisotopic (exact) mass is 299 g/mol. The number of carbonyl (C=O) groups is 1. The molecule has 22 heavy (non-hydrogen) atoms. The van der Waals surface area contributed by atoms with Gasteiger partial charge in [-0.05, 0) is 44.5 Å². The third kappa shape index (κ3) is 2.74. The largest absolute Gasteiger partial charge is 0.363 e. The van der Waals surface area contributed by atoms with Crippen molar-refractivity contribution in [1.29, 1.82) is 0 Å². The smallest absolute Gasteiger partial charge is 0.286 e. The Morgan fingerprint density at radius 1 is 1.32 bits per heavy atom. The number of aromatic nitrogens is 3. The number of likely N-dealkylation sites (tertiary alicyclic amines) is 1. The van der Waals surface area contributed by atoms with Gasteiger partial charge in [-0.15, -0.1) is 0 Å². The van der Waals surface area contributed by atoms with E-state index in [0.717, 1.165) is 18.7 Å². The Hall–Kier alpha value is -2.21. The molecule has 116 valence electrons. The average molecular weight is 299 g/mol. The summed E-state index contributed by atoms with van der Waals surface area (Å²) >= 11 is 0. The SMILES string of the molecule is CC(c1cccc(-c2nc(C(N)=O)n(C)n2)c1)N1CCCC1. The van der Waals surface area contributed by atoms with Gasteiger partial charge >= 0.3 is 0 Å². The van der Waals surface area contributed by atoms with Gasteiger partial charge in [0, 0.05) is 18.7 Å². The fraction of sp³-hybridized carbons (Fsp3) is 0.438. The van der Waals surface area contributed by atoms with Gasteiger partial charge < -0.3 is 5.73 Å². The van der Waals surface area contributed by atoms with Crippen LogP contribution in [0.5, 0.6) is 0 Å². The van der Waals surface area contributed by atoms with E-state index in [4.69, 9.17) is 5.73 Å². The fourth-order valence-electron chi connectivity index (χ4n) is 3.00. The quantitative estimate of drug-likeness (QED) is 0.933. The van der Waals surface area contributed by atoms with E-state index >= 15 is 0 Å². The highest BCUT2D eigenvalue weighted by Gasteiger charge is 2.20. The van der Waals surface area contributed by atoms with E-state index in [-0.39, 0.29) is 5.82 Å². The van der Waals surface area contributed by atoms with Gasteiger partial charge in [0.1, 0.15) is 0 Å². The molecule has 2 heterocycles. The molecule has 1 aromatic heterocycles. The molecular formula is C16H21N5O. The zero-order valence-electron chi connectivity index (χ0n) is 13.0. The number of aryl methyl sites for hydroxylation is 1. The van der Waals surface area contributed by atoms with E-state index in [2.05, 4.69) is 34.0 Å². The molecule has 1 aliphatic rings. The lowest BCUT2D eigenvalue weighted by Gasteiger charge is -2.24. The number of carbonyl (C=O) groups excluding carboxylic acids is 1. The molecule has 1 saturated heterocycles. The summed E-state index contributed by atoms with van der Waals surface area (Å²) in [5.74, 6) is 0.141. The van der Waals surface area contributed by atoms with Gasteiger partial charge in [0.25, 0.3) is 5.91 Å². The second-order valence-corrected chi connectivity index (χ2v) is 5.79. The number of hydrogen-bond acceptors (Lipinski definition) is 4. The third-order valence-electron chi connectivity index (χ3n) is 4.30. The molecule has 6 heteroatoms. The number of primary amides is 1. The molecule has 0 bridgehead atoms. The molecule has 0 radical (unpaired) electrons. The predicted molar refractivity (Wildman–Crippen MR) is 84.2 cm³/mol. The highest BCUT2D eigenvalue weighted by Crippen LogP contribution is 2.27. The van der Waals surface area contributed by atoms with Crippen molar-refractivity contribution in [1.82, 2.24) is 19.7 Å². The Labute approximate surface area is 129 Å². The van der Waals surface area contributed by atoms with Gasteiger partial charge in [-0.25, -0.2) is 9.67 Å². The molecule has 1 fully saturated rings. The van der Waals surface area contributed by atoms with Crippen molar-refractivity contribution >= 4 is 5.91 Å². The van der Waals surface area contributed by atoms with Gasteiger partial charge in [0.2, 0.25) is 5.82 Å². The topological polar surface area (TPSA) is 77.0 Å². The molecule has 0 spiro atoms. The molecule has 1 aromatic carbocycles. The normalized spacial score (nSPS) is 16.8. The number of rotatable bonds is 4. The van der Waals surface area contributed by atoms with Crippen LogP contribution >= 0.6 is 0 Å². The summed E-state index contributed by atoms with van der Waals surface area (Å²) in [4.78, 5) is 18.0. The van der Waals surface area contributed by atoms with Crippen LogP contribution in [0.2, 0.25) is 0 Å². The van der Waals surface area contributed by atoms with Crippen molar-refractivity contribution < 1.29 is 4.79 Å². The molecule has 1 aliphatic heterocycles. The van der Waals surface area contributed by atoms with E-state index in [1.165, 1.54) is 23.1 Å². The second kappa shape index (κ2) is 5.88. The summed E-state index contributed by atoms with van der Waals surface area (Å²) in [5, 5.41) is 4.29. The summed E-state index contributed by atoms with van der Waals surface area (Å²) < 4.78 is 1.42. The molecule has 0 saturated carbocycles. The van der Waals surface area contributed by atoms with Crippen LogP contribution in [-0.4, -0.2) is 38.7 Å². The molecule has 1 amide bonds. The maximum Gasteiger partial charge on any atom is 0.286 e. The van der Waals surface area contributed by atoms with Gasteiger partial charge in [-0.3, -0.25) is 9.69 Å². The van der Waals surface area contributed by atoms with E-state index in [9.17, 15) is 4.79 Å². The lowest BCUT2D eigenvalue weighted by Crippen LogP contribution is -2.23. The predicted octanol–water partition coefficient (Wildman–Crippen LogP) is 1.74. The first-order valence-electron chi connectivity index (χ1n) is 7.61. The fourth-order valence-corrected chi connectivity index (χ4v) is 3.00. The third-order valence-corrected chi connectivity index (χ3v) is 4.30. The lowest BCUT2D eigenvalue weighted by atomic mass is 10.0. The minimum Gasteiger partial charge on any atom is -0.363 e. The Balaban J connectivity index is 1.90. The first-order chi connectivity index (χ1) is 10.6. The van der Waals surface area contributed by atoms with Gasteiger partial charge in [-0.1, -0.05) is 18.2 Å². The maximum atomic E-state index is 11.3. The number of amides is 1. The standard InChI is InChI=1S/C16H21N5O/c1-11(21-8-3-4-9-21)12-6-5-7-13(10-12)15-18-16(14(17)22)20(2)19-15/h5-7,10-11H,3-4,8-9H2,1-2H3,(H2,17,22). The molecule has 2 aromatic rings. The van der Waals surface area contributed by atoms with E-state index in [0.29, 0.717) is 11.9 Å². The molecular weight excluding hydrogens is 278 g/mol. The first kappa shape index (κ1) is 14.7. The number of benzene rings is 1. The van der Waals surface area contributed by atoms with Crippen LogP contribution in [0.3, 0.4) is 0 Å². The van der Waals surface area contributed by atoms with Crippen LogP contribution in [0, 0.1) is 0 Å². The molecule has 2 N–H and O–H groups in total. The molecule has 0 aliphatic carbocycles. The van der Waals surface area contributed by atoms with E-state index in [1.54, 1.807) is 7.05 Å². The second-order valence-electron chi connectivity index (χ2n) is 5.79. The minimum atomic E-state index is -0.567. The number of nitrogens with zero attached hydrogens (tertiary/aromatic N) is 4. The summed E-state index contributed by atoms with van der Waals surface area (Å²) in [7, 11) is 1.67. The first-order valence-corrected chi connectivity index (χ1v) is 7.61. The zero-order valence-corrected chi connectivity index (χ0v) is 13.0. The molecule has 1 atom stereocenters. The number of hydrogen-bond donors (Lipinski definition) is 1. The van der Waals surface area contributed by atoms with Crippen LogP contribution in [-0.2, 0) is 7.05 Å². The summed E-state index contributed by atoms with van der Waals surface area (Å²) in [6, 6.07) is 8.58. The Morgan fingerprint density at radius 3 is 2.68 bits per heavy atom. The highest BCUT2D eigenvalue weighted by atomic mass is 16.1. The van der Waals surface area contributed by atoms with Crippen molar-refractivity contribution in [2.45, 2.75) is 25.8 Å². The van der Waals surface area contributed by atoms with Crippen LogP contribution in [0.15, 0.2) is 24.3 Å². The van der Waals surface area contributed by atoms with Gasteiger partial charge in [0.05, 0.1) is 0 Å². The molecule has 3 rings (SSSR count). The Kier molecular flexibility index (Phi) is 3.94. The highest BCUT2D eigenvalue weighted by molar-refractivity contribution is 5.89. The summed E-state index contributed by atoms with van der Waals surface area (Å²) in [6.07, 6.45) is 2.54. The Morgan fingerprint density at radius 2 is 2.05 bits per heavy atom. The van der Waals surface area contributed by atoms with Crippen molar-refractivity contribution in [3.63, 3.8) is 0 Å². The van der Waals surface area contributed by atoms with Crippen LogP contribution in [0.25, 0.3) is 11.4 Å². The summed E-state index contributed by atoms with van der Waals surface area (Å²) in [6.45, 7) is 4.53. The lowest BCUT2D eigenvalue weighted by molar-refractivity contribution is 0.0986. The Bertz CT molecular complexity index is 688. The van der Waals surface area contributed by atoms with E-state index < -0.39 is 5.91 Å². The minimum absolute atomic E-state index is 0.174. The van der Waals surface area contributed by atoms with Gasteiger partial charge in [0.15, 0.2) is 5.82 Å². The van der Waals surface area contributed by atoms with Gasteiger partial charge in [-0.2, -0.15) is 5.10 Å². The van der Waals surface area contributed by atoms with Crippen LogP contribution in [0.1, 0.15) is 42.0 Å². The van der Waals surface area contributed by atoms with Crippen molar-refractivity contribution in [3.05, 3.63) is 35.7 Å². The average Bonchev–Trinajstić information content (AvgIpc) is 3.16. The van der Waals surface area contributed by atoms with Crippen molar-refractivity contribution in [2.24, 2.45) is 12.8 Å². The van der Waals surface area contributed by atoms with Crippen molar-refractivity contribution in [2.75, 3.05) is 13.1 Å². The maximum absolute atomic E-state index is 11.3. The van der Waals surface area contributed by atoms with Crippen molar-refractivity contribution in [3.8, 4) is 11.4 Å². The molecule has 1 unspecified atom stereocenters.